The van der Waals surface area contributed by atoms with Crippen LogP contribution in [0.1, 0.15) is 23.2 Å². The number of esters is 1. The first-order valence-electron chi connectivity index (χ1n) is 8.74. The van der Waals surface area contributed by atoms with Crippen LogP contribution in [0.5, 0.6) is 5.75 Å². The Hall–Kier alpha value is -3.09. The van der Waals surface area contributed by atoms with Crippen molar-refractivity contribution in [1.29, 1.82) is 0 Å². The van der Waals surface area contributed by atoms with Crippen molar-refractivity contribution in [2.24, 2.45) is 5.92 Å². The molecular weight excluding hydrogens is 350 g/mol. The van der Waals surface area contributed by atoms with Crippen LogP contribution < -0.4 is 4.74 Å². The van der Waals surface area contributed by atoms with Crippen LogP contribution in [0.2, 0.25) is 0 Å². The molecule has 1 N–H and O–H groups in total. The molecule has 1 fully saturated rings. The Balaban J connectivity index is 1.81. The van der Waals surface area contributed by atoms with Gasteiger partial charge in [0.2, 0.25) is 0 Å². The van der Waals surface area contributed by atoms with Gasteiger partial charge in [-0.25, -0.2) is 4.79 Å². The Morgan fingerprint density at radius 3 is 2.59 bits per heavy atom. The minimum absolute atomic E-state index is 0.162. The molecule has 1 aliphatic heterocycles. The maximum absolute atomic E-state index is 13.1. The van der Waals surface area contributed by atoms with E-state index in [4.69, 9.17) is 14.6 Å². The summed E-state index contributed by atoms with van der Waals surface area (Å²) in [6.45, 7) is 0.103. The van der Waals surface area contributed by atoms with E-state index in [0.717, 1.165) is 10.8 Å². The van der Waals surface area contributed by atoms with Gasteiger partial charge in [-0.1, -0.05) is 24.3 Å². The molecule has 1 heterocycles. The third kappa shape index (κ3) is 4.02. The number of likely N-dealkylation sites (tertiary alicyclic amines) is 1. The number of hydrogen-bond acceptors (Lipinski definition) is 5. The average molecular weight is 371 g/mol. The molecule has 142 valence electrons. The second-order valence-electron chi connectivity index (χ2n) is 6.45. The normalized spacial score (nSPS) is 16.8. The van der Waals surface area contributed by atoms with Crippen molar-refractivity contribution in [3.63, 3.8) is 0 Å². The summed E-state index contributed by atoms with van der Waals surface area (Å²) in [5.41, 5.74) is 0.547. The van der Waals surface area contributed by atoms with Crippen LogP contribution in [-0.4, -0.2) is 54.7 Å². The lowest BCUT2D eigenvalue weighted by atomic mass is 9.96. The molecular formula is C20H21NO6. The highest BCUT2D eigenvalue weighted by molar-refractivity contribution is 6.08. The van der Waals surface area contributed by atoms with Crippen LogP contribution in [0.15, 0.2) is 36.4 Å². The van der Waals surface area contributed by atoms with Crippen molar-refractivity contribution in [3.05, 3.63) is 42.0 Å². The summed E-state index contributed by atoms with van der Waals surface area (Å²) in [5, 5.41) is 10.3. The third-order valence-corrected chi connectivity index (χ3v) is 4.71. The number of amides is 1. The molecule has 1 atom stereocenters. The predicted octanol–water partition coefficient (Wildman–Crippen LogP) is 2.33. The lowest BCUT2D eigenvalue weighted by Crippen LogP contribution is -2.43. The van der Waals surface area contributed by atoms with E-state index in [-0.39, 0.29) is 12.5 Å². The second kappa shape index (κ2) is 8.07. The molecule has 1 aliphatic rings. The highest BCUT2D eigenvalue weighted by atomic mass is 16.5. The number of carboxylic acid groups (broad SMARTS) is 1. The monoisotopic (exact) mass is 371 g/mol. The van der Waals surface area contributed by atoms with Gasteiger partial charge in [-0.2, -0.15) is 0 Å². The summed E-state index contributed by atoms with van der Waals surface area (Å²) in [6.07, 6.45) is 1.23. The number of rotatable bonds is 5. The van der Waals surface area contributed by atoms with E-state index in [9.17, 15) is 14.4 Å². The van der Waals surface area contributed by atoms with Crippen molar-refractivity contribution in [2.75, 3.05) is 26.8 Å². The van der Waals surface area contributed by atoms with Gasteiger partial charge >= 0.3 is 11.9 Å². The van der Waals surface area contributed by atoms with E-state index >= 15 is 0 Å². The number of ether oxygens (including phenoxy) is 2. The number of carbonyl (C=O) groups is 3. The van der Waals surface area contributed by atoms with E-state index in [1.807, 2.05) is 24.3 Å². The molecule has 3 rings (SSSR count). The maximum Gasteiger partial charge on any atom is 0.341 e. The predicted molar refractivity (Wildman–Crippen MR) is 97.7 cm³/mol. The molecule has 27 heavy (non-hydrogen) atoms. The van der Waals surface area contributed by atoms with E-state index in [0.29, 0.717) is 30.7 Å². The molecule has 0 spiro atoms. The number of aliphatic carboxylic acids is 1. The molecule has 0 bridgehead atoms. The summed E-state index contributed by atoms with van der Waals surface area (Å²) in [7, 11) is 1.58. The molecule has 1 unspecified atom stereocenters. The van der Waals surface area contributed by atoms with Crippen molar-refractivity contribution < 1.29 is 29.0 Å². The average Bonchev–Trinajstić information content (AvgIpc) is 2.70. The number of methoxy groups -OCH3 is 1. The van der Waals surface area contributed by atoms with Crippen molar-refractivity contribution in [1.82, 2.24) is 4.90 Å². The quantitative estimate of drug-likeness (QED) is 0.811. The summed E-state index contributed by atoms with van der Waals surface area (Å²) in [4.78, 5) is 37.3. The fourth-order valence-corrected chi connectivity index (χ4v) is 3.41. The van der Waals surface area contributed by atoms with Crippen LogP contribution >= 0.6 is 0 Å². The van der Waals surface area contributed by atoms with Gasteiger partial charge in [0.25, 0.3) is 5.91 Å². The maximum atomic E-state index is 13.1. The lowest BCUT2D eigenvalue weighted by Gasteiger charge is -2.31. The summed E-state index contributed by atoms with van der Waals surface area (Å²) in [5.74, 6) is -1.75. The van der Waals surface area contributed by atoms with E-state index in [1.54, 1.807) is 24.1 Å². The molecule has 0 aliphatic carbocycles. The molecule has 7 heteroatoms. The molecule has 0 radical (unpaired) electrons. The van der Waals surface area contributed by atoms with Crippen LogP contribution in [-0.2, 0) is 14.3 Å². The van der Waals surface area contributed by atoms with Crippen LogP contribution in [0.3, 0.4) is 0 Å². The SMILES string of the molecule is COc1ccc(C(=O)N2CCCC(C(=O)OCC(=O)O)C2)c2ccccc12. The largest absolute Gasteiger partial charge is 0.496 e. The Morgan fingerprint density at radius 2 is 1.89 bits per heavy atom. The number of hydrogen-bond donors (Lipinski definition) is 1. The van der Waals surface area contributed by atoms with Gasteiger partial charge in [-0.15, -0.1) is 0 Å². The number of carboxylic acids is 1. The zero-order valence-corrected chi connectivity index (χ0v) is 15.0. The van der Waals surface area contributed by atoms with Crippen molar-refractivity contribution in [2.45, 2.75) is 12.8 Å². The molecule has 1 saturated heterocycles. The minimum Gasteiger partial charge on any atom is -0.496 e. The van der Waals surface area contributed by atoms with E-state index < -0.39 is 24.5 Å². The number of nitrogens with zero attached hydrogens (tertiary/aromatic N) is 1. The number of piperidine rings is 1. The molecule has 1 amide bonds. The van der Waals surface area contributed by atoms with Gasteiger partial charge in [0.15, 0.2) is 6.61 Å². The zero-order valence-electron chi connectivity index (χ0n) is 15.0. The third-order valence-electron chi connectivity index (χ3n) is 4.71. The Kier molecular flexibility index (Phi) is 5.59. The standard InChI is InChI=1S/C20H21NO6/c1-26-17-9-8-16(14-6-2-3-7-15(14)17)19(24)21-10-4-5-13(11-21)20(25)27-12-18(22)23/h2-3,6-9,13H,4-5,10-12H2,1H3,(H,22,23). The number of fused-ring (bicyclic) bond motifs is 1. The summed E-state index contributed by atoms with van der Waals surface area (Å²) < 4.78 is 10.2. The molecule has 0 saturated carbocycles. The van der Waals surface area contributed by atoms with Crippen LogP contribution in [0.25, 0.3) is 10.8 Å². The molecule has 0 aromatic heterocycles. The van der Waals surface area contributed by atoms with Crippen LogP contribution in [0.4, 0.5) is 0 Å². The van der Waals surface area contributed by atoms with Crippen molar-refractivity contribution in [3.8, 4) is 5.75 Å². The minimum atomic E-state index is -1.20. The zero-order chi connectivity index (χ0) is 19.4. The van der Waals surface area contributed by atoms with Crippen molar-refractivity contribution >= 4 is 28.6 Å². The topological polar surface area (TPSA) is 93.1 Å². The van der Waals surface area contributed by atoms with Gasteiger partial charge < -0.3 is 19.5 Å². The fraction of sp³-hybridized carbons (Fsp3) is 0.350. The highest BCUT2D eigenvalue weighted by Gasteiger charge is 2.31. The van der Waals surface area contributed by atoms with E-state index in [2.05, 4.69) is 0 Å². The molecule has 2 aromatic rings. The first kappa shape index (κ1) is 18.7. The van der Waals surface area contributed by atoms with Gasteiger partial charge in [-0.05, 0) is 30.4 Å². The van der Waals surface area contributed by atoms with Gasteiger partial charge in [0, 0.05) is 24.0 Å². The second-order valence-corrected chi connectivity index (χ2v) is 6.45. The lowest BCUT2D eigenvalue weighted by molar-refractivity contribution is -0.159. The van der Waals surface area contributed by atoms with Gasteiger partial charge in [0.1, 0.15) is 5.75 Å². The van der Waals surface area contributed by atoms with E-state index in [1.165, 1.54) is 0 Å². The smallest absolute Gasteiger partial charge is 0.341 e. The molecule has 2 aromatic carbocycles. The fourth-order valence-electron chi connectivity index (χ4n) is 3.41. The summed E-state index contributed by atoms with van der Waals surface area (Å²) in [6, 6.07) is 11.0. The van der Waals surface area contributed by atoms with Gasteiger partial charge in [-0.3, -0.25) is 9.59 Å². The Bertz CT molecular complexity index is 878. The number of benzene rings is 2. The Labute approximate surface area is 156 Å². The van der Waals surface area contributed by atoms with Gasteiger partial charge in [0.05, 0.1) is 13.0 Å². The number of carbonyl (C=O) groups excluding carboxylic acids is 2. The highest BCUT2D eigenvalue weighted by Crippen LogP contribution is 2.30. The summed E-state index contributed by atoms with van der Waals surface area (Å²) >= 11 is 0. The first-order valence-corrected chi connectivity index (χ1v) is 8.74. The molecule has 7 nitrogen and oxygen atoms in total. The Morgan fingerprint density at radius 1 is 1.15 bits per heavy atom. The van der Waals surface area contributed by atoms with Crippen LogP contribution in [0, 0.1) is 5.92 Å². The first-order chi connectivity index (χ1) is 13.0.